The van der Waals surface area contributed by atoms with Gasteiger partial charge in [-0.1, -0.05) is 25.5 Å². The van der Waals surface area contributed by atoms with Crippen molar-refractivity contribution in [2.75, 3.05) is 12.4 Å². The Morgan fingerprint density at radius 3 is 2.60 bits per heavy atom. The Hall–Kier alpha value is -2.93. The summed E-state index contributed by atoms with van der Waals surface area (Å²) >= 11 is 0. The molecule has 2 aromatic carbocycles. The van der Waals surface area contributed by atoms with Gasteiger partial charge < -0.3 is 24.3 Å². The van der Waals surface area contributed by atoms with E-state index in [2.05, 4.69) is 5.32 Å². The number of hydrogen-bond donors (Lipinski definition) is 3. The fourth-order valence-corrected chi connectivity index (χ4v) is 4.10. The Morgan fingerprint density at radius 1 is 1.23 bits per heavy atom. The molecule has 9 heteroatoms. The van der Waals surface area contributed by atoms with Gasteiger partial charge in [-0.05, 0) is 43.2 Å². The number of aryl methyl sites for hydroxylation is 2. The molecular weight excluding hydrogens is 409 g/mol. The smallest absolute Gasteiger partial charge is 0.358 e. The molecule has 0 aliphatic rings. The first kappa shape index (κ1) is 21.8. The summed E-state index contributed by atoms with van der Waals surface area (Å²) in [6.45, 7) is 3.58. The number of hydrogen-bond acceptors (Lipinski definition) is 5. The summed E-state index contributed by atoms with van der Waals surface area (Å²) in [6.07, 6.45) is 1.43. The summed E-state index contributed by atoms with van der Waals surface area (Å²) in [6, 6.07) is 9.14. The zero-order valence-electron chi connectivity index (χ0n) is 16.8. The standard InChI is InChI=1S/C21H22NO7P/c1-4-6-14-16(28-3)10-9-13-11-15(21(24)29-19(13)14)20(23)22-18-12(2)7-5-8-17(18)30(25,26)27/h5,7-11H,4,6H2,1-3H3,(H,22,23)(H2,25,26,27). The predicted molar refractivity (Wildman–Crippen MR) is 114 cm³/mol. The topological polar surface area (TPSA) is 126 Å². The molecule has 1 aromatic heterocycles. The third kappa shape index (κ3) is 4.16. The lowest BCUT2D eigenvalue weighted by atomic mass is 10.0. The number of amides is 1. The van der Waals surface area contributed by atoms with Crippen LogP contribution in [0.3, 0.4) is 0 Å². The molecule has 0 saturated heterocycles. The number of nitrogens with one attached hydrogen (secondary N) is 1. The van der Waals surface area contributed by atoms with Crippen molar-refractivity contribution < 1.29 is 28.3 Å². The Balaban J connectivity index is 2.09. The van der Waals surface area contributed by atoms with Crippen molar-refractivity contribution in [1.82, 2.24) is 0 Å². The first-order chi connectivity index (χ1) is 14.2. The van der Waals surface area contributed by atoms with E-state index in [0.717, 1.165) is 12.0 Å². The van der Waals surface area contributed by atoms with E-state index in [4.69, 9.17) is 9.15 Å². The van der Waals surface area contributed by atoms with Crippen molar-refractivity contribution in [2.45, 2.75) is 26.7 Å². The van der Waals surface area contributed by atoms with Crippen molar-refractivity contribution in [3.8, 4) is 5.75 Å². The highest BCUT2D eigenvalue weighted by Gasteiger charge is 2.25. The number of ether oxygens (including phenoxy) is 1. The van der Waals surface area contributed by atoms with Gasteiger partial charge >= 0.3 is 13.2 Å². The summed E-state index contributed by atoms with van der Waals surface area (Å²) < 4.78 is 22.6. The number of methoxy groups -OCH3 is 1. The van der Waals surface area contributed by atoms with Gasteiger partial charge in [0.05, 0.1) is 18.1 Å². The molecule has 0 radical (unpaired) electrons. The van der Waals surface area contributed by atoms with Crippen molar-refractivity contribution >= 4 is 35.5 Å². The van der Waals surface area contributed by atoms with E-state index in [1.807, 2.05) is 6.92 Å². The number of benzene rings is 2. The maximum Gasteiger partial charge on any atom is 0.358 e. The monoisotopic (exact) mass is 431 g/mol. The molecule has 0 aliphatic heterocycles. The molecule has 0 unspecified atom stereocenters. The van der Waals surface area contributed by atoms with Crippen LogP contribution in [-0.4, -0.2) is 22.8 Å². The zero-order valence-corrected chi connectivity index (χ0v) is 17.7. The van der Waals surface area contributed by atoms with E-state index < -0.39 is 19.1 Å². The highest BCUT2D eigenvalue weighted by Crippen LogP contribution is 2.37. The normalized spacial score (nSPS) is 11.5. The third-order valence-electron chi connectivity index (χ3n) is 4.73. The van der Waals surface area contributed by atoms with E-state index in [0.29, 0.717) is 28.7 Å². The van der Waals surface area contributed by atoms with Gasteiger partial charge in [-0.25, -0.2) is 4.79 Å². The molecular formula is C21H22NO7P. The van der Waals surface area contributed by atoms with Gasteiger partial charge in [-0.15, -0.1) is 0 Å². The van der Waals surface area contributed by atoms with Crippen LogP contribution >= 0.6 is 7.60 Å². The summed E-state index contributed by atoms with van der Waals surface area (Å²) in [5.41, 5.74) is 0.391. The molecule has 30 heavy (non-hydrogen) atoms. The zero-order chi connectivity index (χ0) is 22.1. The second-order valence-corrected chi connectivity index (χ2v) is 8.40. The van der Waals surface area contributed by atoms with Crippen LogP contribution in [0.4, 0.5) is 5.69 Å². The van der Waals surface area contributed by atoms with E-state index in [1.165, 1.54) is 25.3 Å². The number of carbonyl (C=O) groups excluding carboxylic acids is 1. The van der Waals surface area contributed by atoms with Crippen molar-refractivity contribution in [1.29, 1.82) is 0 Å². The summed E-state index contributed by atoms with van der Waals surface area (Å²) in [7, 11) is -3.11. The maximum absolute atomic E-state index is 12.8. The highest BCUT2D eigenvalue weighted by molar-refractivity contribution is 7.60. The largest absolute Gasteiger partial charge is 0.496 e. The van der Waals surface area contributed by atoms with Gasteiger partial charge in [0.15, 0.2) is 0 Å². The lowest BCUT2D eigenvalue weighted by Gasteiger charge is -2.15. The minimum absolute atomic E-state index is 0.0308. The molecule has 3 rings (SSSR count). The maximum atomic E-state index is 12.8. The van der Waals surface area contributed by atoms with Crippen LogP contribution < -0.4 is 21.0 Å². The van der Waals surface area contributed by atoms with E-state index >= 15 is 0 Å². The van der Waals surface area contributed by atoms with Crippen LogP contribution in [0.25, 0.3) is 11.0 Å². The fraction of sp³-hybridized carbons (Fsp3) is 0.238. The lowest BCUT2D eigenvalue weighted by Crippen LogP contribution is -2.24. The van der Waals surface area contributed by atoms with Crippen LogP contribution in [-0.2, 0) is 11.0 Å². The summed E-state index contributed by atoms with van der Waals surface area (Å²) in [5, 5.41) is 2.68. The molecule has 3 N–H and O–H groups in total. The van der Waals surface area contributed by atoms with Gasteiger partial charge in [0.2, 0.25) is 0 Å². The lowest BCUT2D eigenvalue weighted by molar-refractivity contribution is 0.102. The molecule has 8 nitrogen and oxygen atoms in total. The van der Waals surface area contributed by atoms with E-state index in [9.17, 15) is 23.9 Å². The van der Waals surface area contributed by atoms with Crippen molar-refractivity contribution in [3.05, 3.63) is 63.5 Å². The minimum Gasteiger partial charge on any atom is -0.496 e. The first-order valence-electron chi connectivity index (χ1n) is 9.28. The first-order valence-corrected chi connectivity index (χ1v) is 10.9. The van der Waals surface area contributed by atoms with Crippen LogP contribution in [0.15, 0.2) is 45.6 Å². The van der Waals surface area contributed by atoms with Gasteiger partial charge in [0.25, 0.3) is 5.91 Å². The van der Waals surface area contributed by atoms with E-state index in [-0.39, 0.29) is 16.6 Å². The summed E-state index contributed by atoms with van der Waals surface area (Å²) in [5.74, 6) is -0.224. The molecule has 1 heterocycles. The SMILES string of the molecule is CCCc1c(OC)ccc2cc(C(=O)Nc3c(C)cccc3P(=O)(O)O)c(=O)oc12. The Morgan fingerprint density at radius 2 is 1.97 bits per heavy atom. The molecule has 0 bridgehead atoms. The number of anilines is 1. The highest BCUT2D eigenvalue weighted by atomic mass is 31.2. The quantitative estimate of drug-likeness (QED) is 0.404. The minimum atomic E-state index is -4.64. The van der Waals surface area contributed by atoms with Gasteiger partial charge in [-0.2, -0.15) is 0 Å². The Bertz CT molecular complexity index is 1230. The molecule has 158 valence electrons. The number of fused-ring (bicyclic) bond motifs is 1. The molecule has 0 saturated carbocycles. The number of para-hydroxylation sites is 1. The second kappa shape index (κ2) is 8.44. The molecule has 0 atom stereocenters. The van der Waals surface area contributed by atoms with Gasteiger partial charge in [0, 0.05) is 10.9 Å². The average molecular weight is 431 g/mol. The Kier molecular flexibility index (Phi) is 6.12. The van der Waals surface area contributed by atoms with E-state index in [1.54, 1.807) is 25.1 Å². The van der Waals surface area contributed by atoms with Crippen molar-refractivity contribution in [3.63, 3.8) is 0 Å². The average Bonchev–Trinajstić information content (AvgIpc) is 2.68. The third-order valence-corrected chi connectivity index (χ3v) is 5.73. The molecule has 3 aromatic rings. The van der Waals surface area contributed by atoms with Gasteiger partial charge in [0.1, 0.15) is 16.9 Å². The van der Waals surface area contributed by atoms with Crippen LogP contribution in [0, 0.1) is 6.92 Å². The van der Waals surface area contributed by atoms with Crippen molar-refractivity contribution in [2.24, 2.45) is 0 Å². The molecule has 0 fully saturated rings. The number of carbonyl (C=O) groups is 1. The molecule has 0 spiro atoms. The van der Waals surface area contributed by atoms with Crippen LogP contribution in [0.5, 0.6) is 5.75 Å². The Labute approximate surface area is 172 Å². The predicted octanol–water partition coefficient (Wildman–Crippen LogP) is 3.12. The number of rotatable bonds is 6. The van der Waals surface area contributed by atoms with Gasteiger partial charge in [-0.3, -0.25) is 9.36 Å². The molecule has 1 amide bonds. The fourth-order valence-electron chi connectivity index (χ4n) is 3.30. The van der Waals surface area contributed by atoms with Crippen LogP contribution in [0.2, 0.25) is 0 Å². The molecule has 0 aliphatic carbocycles. The second-order valence-electron chi connectivity index (χ2n) is 6.83. The van der Waals surface area contributed by atoms with Crippen LogP contribution in [0.1, 0.15) is 34.8 Å². The summed E-state index contributed by atoms with van der Waals surface area (Å²) in [4.78, 5) is 44.5.